The molecule has 0 aliphatic carbocycles. The zero-order chi connectivity index (χ0) is 20.5. The molecule has 4 heterocycles. The van der Waals surface area contributed by atoms with Crippen molar-refractivity contribution in [3.63, 3.8) is 0 Å². The fourth-order valence-corrected chi connectivity index (χ4v) is 5.12. The predicted molar refractivity (Wildman–Crippen MR) is 119 cm³/mol. The van der Waals surface area contributed by atoms with Gasteiger partial charge in [0, 0.05) is 44.1 Å². The van der Waals surface area contributed by atoms with E-state index in [1.165, 1.54) is 22.3 Å². The molecule has 1 aromatic carbocycles. The average molecular weight is 409 g/mol. The van der Waals surface area contributed by atoms with Crippen LogP contribution in [0.25, 0.3) is 0 Å². The van der Waals surface area contributed by atoms with Gasteiger partial charge in [-0.25, -0.2) is 4.98 Å². The summed E-state index contributed by atoms with van der Waals surface area (Å²) in [6.07, 6.45) is 5.17. The maximum Gasteiger partial charge on any atom is 0.146 e. The lowest BCUT2D eigenvalue weighted by atomic mass is 9.89. The fourth-order valence-electron chi connectivity index (χ4n) is 5.12. The fraction of sp³-hybridized carbons (Fsp3) is 0.542. The van der Waals surface area contributed by atoms with E-state index in [-0.39, 0.29) is 0 Å². The van der Waals surface area contributed by atoms with Crippen molar-refractivity contribution in [1.82, 2.24) is 15.2 Å². The molecule has 3 aliphatic heterocycles. The number of rotatable bonds is 2. The van der Waals surface area contributed by atoms with E-state index in [2.05, 4.69) is 47.7 Å². The molecule has 6 heteroatoms. The second-order valence-corrected chi connectivity index (χ2v) is 8.78. The number of fused-ring (bicyclic) bond motifs is 2. The standard InChI is InChI=1S/C24H32N4O2/c1-16-13-18(22-4-7-25-9-10-28(22)2)14-21-23(16)30-15-20-19(3-8-26-24(20)27-21)17-5-11-29-12-6-17/h3,8,13-14,17,22,25H,4-7,9-12,15H2,1-2H3,(H,26,27). The maximum absolute atomic E-state index is 6.37. The van der Waals surface area contributed by atoms with Gasteiger partial charge in [-0.2, -0.15) is 0 Å². The van der Waals surface area contributed by atoms with Crippen LogP contribution in [0.3, 0.4) is 0 Å². The number of aryl methyl sites for hydroxylation is 1. The molecule has 0 bridgehead atoms. The molecule has 2 saturated heterocycles. The monoisotopic (exact) mass is 408 g/mol. The molecule has 1 unspecified atom stereocenters. The Bertz CT molecular complexity index is 910. The summed E-state index contributed by atoms with van der Waals surface area (Å²) < 4.78 is 11.9. The number of benzene rings is 1. The Morgan fingerprint density at radius 2 is 2.00 bits per heavy atom. The molecule has 5 rings (SSSR count). The number of likely N-dealkylation sites (N-methyl/N-ethyl adjacent to an activating group) is 1. The summed E-state index contributed by atoms with van der Waals surface area (Å²) in [7, 11) is 2.22. The van der Waals surface area contributed by atoms with Gasteiger partial charge in [0.15, 0.2) is 0 Å². The Balaban J connectivity index is 1.49. The number of pyridine rings is 1. The molecule has 160 valence electrons. The molecule has 30 heavy (non-hydrogen) atoms. The summed E-state index contributed by atoms with van der Waals surface area (Å²) in [5.74, 6) is 2.40. The van der Waals surface area contributed by atoms with Crippen molar-refractivity contribution in [2.75, 3.05) is 45.2 Å². The summed E-state index contributed by atoms with van der Waals surface area (Å²) in [5, 5.41) is 7.15. The minimum absolute atomic E-state index is 0.412. The number of hydrogen-bond donors (Lipinski definition) is 2. The molecule has 2 N–H and O–H groups in total. The molecule has 2 aromatic rings. The SMILES string of the molecule is Cc1cc(C2CCNCCN2C)cc2c1OCc1c(C3CCOCC3)ccnc1N2. The van der Waals surface area contributed by atoms with Crippen LogP contribution in [0.15, 0.2) is 24.4 Å². The number of ether oxygens (including phenoxy) is 2. The van der Waals surface area contributed by atoms with Crippen molar-refractivity contribution < 1.29 is 9.47 Å². The van der Waals surface area contributed by atoms with Gasteiger partial charge < -0.3 is 20.1 Å². The predicted octanol–water partition coefficient (Wildman–Crippen LogP) is 3.89. The molecular formula is C24H32N4O2. The van der Waals surface area contributed by atoms with Crippen LogP contribution in [-0.4, -0.2) is 49.8 Å². The van der Waals surface area contributed by atoms with Gasteiger partial charge in [-0.05, 0) is 74.5 Å². The second-order valence-electron chi connectivity index (χ2n) is 8.78. The number of hydrogen-bond acceptors (Lipinski definition) is 6. The van der Waals surface area contributed by atoms with Crippen molar-refractivity contribution in [3.05, 3.63) is 46.6 Å². The summed E-state index contributed by atoms with van der Waals surface area (Å²) in [4.78, 5) is 7.15. The van der Waals surface area contributed by atoms with Crippen LogP contribution in [0.2, 0.25) is 0 Å². The zero-order valence-electron chi connectivity index (χ0n) is 18.0. The minimum Gasteiger partial charge on any atom is -0.486 e. The second kappa shape index (κ2) is 8.53. The lowest BCUT2D eigenvalue weighted by Crippen LogP contribution is -2.26. The summed E-state index contributed by atoms with van der Waals surface area (Å²) in [6.45, 7) is 7.54. The molecule has 0 amide bonds. The Kier molecular flexibility index (Phi) is 5.63. The van der Waals surface area contributed by atoms with Crippen molar-refractivity contribution >= 4 is 11.5 Å². The van der Waals surface area contributed by atoms with Gasteiger partial charge >= 0.3 is 0 Å². The first-order valence-electron chi connectivity index (χ1n) is 11.2. The molecule has 1 aromatic heterocycles. The van der Waals surface area contributed by atoms with Crippen molar-refractivity contribution in [3.8, 4) is 5.75 Å². The van der Waals surface area contributed by atoms with Gasteiger partial charge in [-0.15, -0.1) is 0 Å². The molecule has 0 radical (unpaired) electrons. The van der Waals surface area contributed by atoms with E-state index in [1.54, 1.807) is 0 Å². The Labute approximate surface area is 179 Å². The van der Waals surface area contributed by atoms with Gasteiger partial charge in [0.05, 0.1) is 5.69 Å². The Morgan fingerprint density at radius 1 is 1.13 bits per heavy atom. The van der Waals surface area contributed by atoms with E-state index in [0.717, 1.165) is 69.4 Å². The molecule has 3 aliphatic rings. The average Bonchev–Trinajstić information content (AvgIpc) is 3.09. The highest BCUT2D eigenvalue weighted by atomic mass is 16.5. The van der Waals surface area contributed by atoms with Crippen LogP contribution in [0.5, 0.6) is 5.75 Å². The summed E-state index contributed by atoms with van der Waals surface area (Å²) in [5.41, 5.74) is 6.11. The molecule has 0 saturated carbocycles. The minimum atomic E-state index is 0.412. The third-order valence-electron chi connectivity index (χ3n) is 6.82. The summed E-state index contributed by atoms with van der Waals surface area (Å²) in [6, 6.07) is 7.15. The first-order valence-corrected chi connectivity index (χ1v) is 11.2. The first kappa shape index (κ1) is 19.8. The van der Waals surface area contributed by atoms with E-state index >= 15 is 0 Å². The molecule has 1 atom stereocenters. The molecule has 6 nitrogen and oxygen atoms in total. The van der Waals surface area contributed by atoms with E-state index in [1.807, 2.05) is 6.20 Å². The topological polar surface area (TPSA) is 58.7 Å². The third kappa shape index (κ3) is 3.80. The van der Waals surface area contributed by atoms with Crippen molar-refractivity contribution in [2.24, 2.45) is 0 Å². The van der Waals surface area contributed by atoms with Crippen molar-refractivity contribution in [1.29, 1.82) is 0 Å². The van der Waals surface area contributed by atoms with Crippen LogP contribution < -0.4 is 15.4 Å². The number of anilines is 2. The largest absolute Gasteiger partial charge is 0.486 e. The normalized spacial score (nSPS) is 22.8. The van der Waals surface area contributed by atoms with Gasteiger partial charge in [-0.1, -0.05) is 6.07 Å². The maximum atomic E-state index is 6.37. The van der Waals surface area contributed by atoms with Gasteiger partial charge in [0.1, 0.15) is 18.2 Å². The van der Waals surface area contributed by atoms with E-state index < -0.39 is 0 Å². The number of nitrogens with zero attached hydrogens (tertiary/aromatic N) is 2. The van der Waals surface area contributed by atoms with Gasteiger partial charge in [-0.3, -0.25) is 4.90 Å². The lowest BCUT2D eigenvalue weighted by Gasteiger charge is -2.27. The van der Waals surface area contributed by atoms with Crippen LogP contribution >= 0.6 is 0 Å². The molecular weight excluding hydrogens is 376 g/mol. The van der Waals surface area contributed by atoms with E-state index in [0.29, 0.717) is 18.6 Å². The summed E-state index contributed by atoms with van der Waals surface area (Å²) >= 11 is 0. The van der Waals surface area contributed by atoms with Crippen LogP contribution in [0.4, 0.5) is 11.5 Å². The first-order chi connectivity index (χ1) is 14.7. The lowest BCUT2D eigenvalue weighted by molar-refractivity contribution is 0.0849. The highest BCUT2D eigenvalue weighted by Crippen LogP contribution is 2.41. The Morgan fingerprint density at radius 3 is 2.87 bits per heavy atom. The van der Waals surface area contributed by atoms with E-state index in [4.69, 9.17) is 14.5 Å². The third-order valence-corrected chi connectivity index (χ3v) is 6.82. The molecule has 0 spiro atoms. The van der Waals surface area contributed by atoms with E-state index in [9.17, 15) is 0 Å². The molecule has 2 fully saturated rings. The number of aromatic nitrogens is 1. The number of nitrogens with one attached hydrogen (secondary N) is 2. The smallest absolute Gasteiger partial charge is 0.146 e. The van der Waals surface area contributed by atoms with Crippen LogP contribution in [0, 0.1) is 6.92 Å². The highest BCUT2D eigenvalue weighted by molar-refractivity contribution is 5.71. The van der Waals surface area contributed by atoms with Gasteiger partial charge in [0.25, 0.3) is 0 Å². The highest BCUT2D eigenvalue weighted by Gasteiger charge is 2.26. The zero-order valence-corrected chi connectivity index (χ0v) is 18.0. The quantitative estimate of drug-likeness (QED) is 0.786. The van der Waals surface area contributed by atoms with Crippen LogP contribution in [0.1, 0.15) is 53.5 Å². The van der Waals surface area contributed by atoms with Crippen molar-refractivity contribution in [2.45, 2.75) is 44.8 Å². The Hall–Kier alpha value is -2.15. The van der Waals surface area contributed by atoms with Crippen LogP contribution in [-0.2, 0) is 11.3 Å². The van der Waals surface area contributed by atoms with Gasteiger partial charge in [0.2, 0.25) is 0 Å².